The summed E-state index contributed by atoms with van der Waals surface area (Å²) in [5, 5.41) is 19.1. The van der Waals surface area contributed by atoms with Gasteiger partial charge in [0.1, 0.15) is 6.61 Å². The molecule has 0 aromatic heterocycles. The molecular weight excluding hydrogens is 350 g/mol. The number of hydrogen-bond donors (Lipinski definition) is 4. The number of carbonyl (C=O) groups is 3. The lowest BCUT2D eigenvalue weighted by atomic mass is 10.1. The number of rotatable bonds is 3. The maximum Gasteiger partial charge on any atom is 0.426 e. The van der Waals surface area contributed by atoms with Gasteiger partial charge in [-0.2, -0.15) is 0 Å². The number of hydrogen-bond acceptors (Lipinski definition) is 7. The Hall–Kier alpha value is -2.62. The first-order chi connectivity index (χ1) is 11.8. The van der Waals surface area contributed by atoms with Crippen molar-refractivity contribution in [2.45, 2.75) is 23.5 Å². The molecule has 0 bridgehead atoms. The summed E-state index contributed by atoms with van der Waals surface area (Å²) in [5.74, 6) is -1.73. The van der Waals surface area contributed by atoms with Crippen molar-refractivity contribution in [1.82, 2.24) is 15.8 Å². The fourth-order valence-corrected chi connectivity index (χ4v) is 4.21. The number of hydrazine groups is 1. The van der Waals surface area contributed by atoms with Crippen molar-refractivity contribution in [3.63, 3.8) is 0 Å². The fourth-order valence-electron chi connectivity index (χ4n) is 2.67. The number of carbonyl (C=O) groups excluding carboxylic acids is 3. The largest absolute Gasteiger partial charge is 0.504 e. The average molecular weight is 367 g/mol. The maximum atomic E-state index is 11.9. The second kappa shape index (κ2) is 6.36. The molecule has 0 unspecified atom stereocenters. The minimum Gasteiger partial charge on any atom is -0.504 e. The zero-order chi connectivity index (χ0) is 18.2. The molecule has 2 atom stereocenters. The summed E-state index contributed by atoms with van der Waals surface area (Å²) in [6.07, 6.45) is -0.356. The Morgan fingerprint density at radius 3 is 2.84 bits per heavy atom. The van der Waals surface area contributed by atoms with E-state index in [0.717, 1.165) is 0 Å². The van der Waals surface area contributed by atoms with Gasteiger partial charge in [0, 0.05) is 6.54 Å². The van der Waals surface area contributed by atoms with Gasteiger partial charge in [0.15, 0.2) is 11.5 Å². The number of aromatic hydroxyl groups is 2. The van der Waals surface area contributed by atoms with Gasteiger partial charge in [-0.15, -0.1) is 11.8 Å². The summed E-state index contributed by atoms with van der Waals surface area (Å²) in [5.41, 5.74) is 3.97. The zero-order valence-corrected chi connectivity index (χ0v) is 14.1. The van der Waals surface area contributed by atoms with Gasteiger partial charge in [-0.1, -0.05) is 6.07 Å². The number of benzene rings is 1. The van der Waals surface area contributed by atoms with Crippen LogP contribution in [0, 0.1) is 0 Å². The molecule has 0 spiro atoms. The predicted molar refractivity (Wildman–Crippen MR) is 87.8 cm³/mol. The van der Waals surface area contributed by atoms with E-state index in [0.29, 0.717) is 13.0 Å². The van der Waals surface area contributed by atoms with Crippen molar-refractivity contribution < 1.29 is 29.3 Å². The number of β-lactam (4-membered cyclic amide) rings is 1. The van der Waals surface area contributed by atoms with E-state index in [2.05, 4.69) is 10.9 Å². The first-order valence-electron chi connectivity index (χ1n) is 7.50. The minimum absolute atomic E-state index is 0.0804. The van der Waals surface area contributed by atoms with Crippen molar-refractivity contribution in [2.24, 2.45) is 0 Å². The van der Waals surface area contributed by atoms with Gasteiger partial charge in [0.05, 0.1) is 22.1 Å². The van der Waals surface area contributed by atoms with Gasteiger partial charge < -0.3 is 19.8 Å². The van der Waals surface area contributed by atoms with Crippen LogP contribution in [0.2, 0.25) is 0 Å². The van der Waals surface area contributed by atoms with Crippen LogP contribution in [-0.2, 0) is 9.53 Å². The Bertz CT molecular complexity index is 742. The number of ether oxygens (including phenoxy) is 1. The molecule has 2 saturated heterocycles. The Morgan fingerprint density at radius 1 is 1.40 bits per heavy atom. The summed E-state index contributed by atoms with van der Waals surface area (Å²) < 4.78 is 4.71. The lowest BCUT2D eigenvalue weighted by Crippen LogP contribution is -2.48. The molecule has 4 N–H and O–H groups in total. The lowest BCUT2D eigenvalue weighted by Gasteiger charge is -2.32. The first-order valence-corrected chi connectivity index (χ1v) is 8.38. The number of thioether (sulfide) groups is 1. The van der Waals surface area contributed by atoms with Gasteiger partial charge in [0.2, 0.25) is 5.91 Å². The van der Waals surface area contributed by atoms with Crippen molar-refractivity contribution >= 4 is 29.7 Å². The van der Waals surface area contributed by atoms with Gasteiger partial charge >= 0.3 is 6.09 Å². The molecule has 1 aromatic carbocycles. The van der Waals surface area contributed by atoms with E-state index in [1.165, 1.54) is 18.2 Å². The van der Waals surface area contributed by atoms with Crippen LogP contribution in [0.4, 0.5) is 4.79 Å². The quantitative estimate of drug-likeness (QED) is 0.348. The van der Waals surface area contributed by atoms with Gasteiger partial charge in [-0.05, 0) is 19.1 Å². The topological polar surface area (TPSA) is 128 Å². The van der Waals surface area contributed by atoms with Gasteiger partial charge in [0.25, 0.3) is 5.91 Å². The molecule has 1 aromatic rings. The van der Waals surface area contributed by atoms with E-state index in [1.807, 2.05) is 6.92 Å². The molecule has 10 heteroatoms. The third-order valence-electron chi connectivity index (χ3n) is 3.99. The minimum atomic E-state index is -0.865. The Kier molecular flexibility index (Phi) is 4.38. The molecule has 0 saturated carbocycles. The van der Waals surface area contributed by atoms with Crippen molar-refractivity contribution in [2.75, 3.05) is 13.2 Å². The van der Waals surface area contributed by atoms with Crippen molar-refractivity contribution in [3.05, 3.63) is 23.8 Å². The Morgan fingerprint density at radius 2 is 2.16 bits per heavy atom. The number of phenols is 2. The molecule has 2 aliphatic rings. The number of para-hydroxylation sites is 1. The summed E-state index contributed by atoms with van der Waals surface area (Å²) in [6, 6.07) is 3.89. The van der Waals surface area contributed by atoms with Crippen LogP contribution in [0.3, 0.4) is 0 Å². The predicted octanol–water partition coefficient (Wildman–Crippen LogP) is 0.533. The third-order valence-corrected chi connectivity index (χ3v) is 5.50. The van der Waals surface area contributed by atoms with E-state index in [9.17, 15) is 24.6 Å². The first kappa shape index (κ1) is 17.2. The molecule has 2 heterocycles. The fraction of sp³-hybridized carbons (Fsp3) is 0.400. The molecular formula is C15H17N3O6S. The zero-order valence-electron chi connectivity index (χ0n) is 13.3. The summed E-state index contributed by atoms with van der Waals surface area (Å²) >= 11 is 1.59. The van der Waals surface area contributed by atoms with Gasteiger partial charge in [-0.3, -0.25) is 15.0 Å². The van der Waals surface area contributed by atoms with E-state index < -0.39 is 23.5 Å². The standard InChI is InChI=1S/C15H17N3O6S/c1-15(6-18-10(20)5-11(18)25-15)7-24-14(23)17-16-13(22)8-3-2-4-9(19)12(8)21/h2-4,11,19,21H,5-7H2,1H3,(H,16,22)(H,17,23)/t11-,15-/m1/s1. The van der Waals surface area contributed by atoms with Crippen molar-refractivity contribution in [3.8, 4) is 11.5 Å². The number of phenolic OH excluding ortho intramolecular Hbond substituents is 2. The number of fused-ring (bicyclic) bond motifs is 1. The van der Waals surface area contributed by atoms with Crippen LogP contribution >= 0.6 is 11.8 Å². The molecule has 2 fully saturated rings. The second-order valence-corrected chi connectivity index (χ2v) is 7.84. The molecule has 3 rings (SSSR count). The van der Waals surface area contributed by atoms with Crippen LogP contribution in [-0.4, -0.2) is 56.3 Å². The second-order valence-electron chi connectivity index (χ2n) is 6.08. The molecule has 3 amide bonds. The molecule has 9 nitrogen and oxygen atoms in total. The molecule has 0 radical (unpaired) electrons. The van der Waals surface area contributed by atoms with E-state index in [1.54, 1.807) is 16.7 Å². The van der Waals surface area contributed by atoms with Crippen molar-refractivity contribution in [1.29, 1.82) is 0 Å². The SMILES string of the molecule is C[C@]1(COC(=O)NNC(=O)c2cccc(O)c2O)CN2C(=O)C[C@H]2S1. The van der Waals surface area contributed by atoms with E-state index >= 15 is 0 Å². The Balaban J connectivity index is 1.46. The maximum absolute atomic E-state index is 11.9. The average Bonchev–Trinajstić information content (AvgIpc) is 2.85. The number of amides is 3. The lowest BCUT2D eigenvalue weighted by molar-refractivity contribution is -0.140. The van der Waals surface area contributed by atoms with E-state index in [4.69, 9.17) is 4.74 Å². The monoisotopic (exact) mass is 367 g/mol. The highest BCUT2D eigenvalue weighted by Crippen LogP contribution is 2.46. The molecule has 134 valence electrons. The van der Waals surface area contributed by atoms with Crippen LogP contribution in [0.1, 0.15) is 23.7 Å². The summed E-state index contributed by atoms with van der Waals surface area (Å²) in [6.45, 7) is 2.49. The van der Waals surface area contributed by atoms with Crippen LogP contribution in [0.5, 0.6) is 11.5 Å². The van der Waals surface area contributed by atoms with Crippen LogP contribution < -0.4 is 10.9 Å². The third kappa shape index (κ3) is 3.43. The summed E-state index contributed by atoms with van der Waals surface area (Å²) in [4.78, 5) is 36.8. The van der Waals surface area contributed by atoms with E-state index in [-0.39, 0.29) is 28.2 Å². The van der Waals surface area contributed by atoms with Gasteiger partial charge in [-0.25, -0.2) is 10.2 Å². The number of nitrogens with one attached hydrogen (secondary N) is 2. The normalized spacial score (nSPS) is 24.3. The molecule has 2 aliphatic heterocycles. The Labute approximate surface area is 147 Å². The highest BCUT2D eigenvalue weighted by Gasteiger charge is 2.51. The van der Waals surface area contributed by atoms with Crippen LogP contribution in [0.15, 0.2) is 18.2 Å². The molecule has 0 aliphatic carbocycles. The van der Waals surface area contributed by atoms with Crippen LogP contribution in [0.25, 0.3) is 0 Å². The molecule has 25 heavy (non-hydrogen) atoms. The highest BCUT2D eigenvalue weighted by molar-refractivity contribution is 8.01. The highest BCUT2D eigenvalue weighted by atomic mass is 32.2. The summed E-state index contributed by atoms with van der Waals surface area (Å²) in [7, 11) is 0. The smallest absolute Gasteiger partial charge is 0.426 e. The number of nitrogens with zero attached hydrogens (tertiary/aromatic N) is 1.